The van der Waals surface area contributed by atoms with Gasteiger partial charge in [-0.15, -0.1) is 0 Å². The van der Waals surface area contributed by atoms with Gasteiger partial charge in [-0.1, -0.05) is 23.2 Å². The Kier molecular flexibility index (Phi) is 5.82. The summed E-state index contributed by atoms with van der Waals surface area (Å²) in [6.45, 7) is 1.47. The van der Waals surface area contributed by atoms with Gasteiger partial charge in [-0.3, -0.25) is 9.48 Å². The number of benzene rings is 1. The molecule has 0 saturated carbocycles. The third-order valence-electron chi connectivity index (χ3n) is 4.82. The molecule has 30 heavy (non-hydrogen) atoms. The Morgan fingerprint density at radius 2 is 1.97 bits per heavy atom. The molecule has 2 aromatic heterocycles. The fraction of sp³-hybridized carbons (Fsp3) is 0.333. The van der Waals surface area contributed by atoms with Crippen LogP contribution in [-0.4, -0.2) is 51.2 Å². The Morgan fingerprint density at radius 1 is 1.23 bits per heavy atom. The first-order valence-corrected chi connectivity index (χ1v) is 10.8. The number of carbonyl (C=O) groups excluding carboxylic acids is 1. The molecule has 0 saturated heterocycles. The van der Waals surface area contributed by atoms with Crippen LogP contribution in [0.1, 0.15) is 22.6 Å². The van der Waals surface area contributed by atoms with E-state index in [0.29, 0.717) is 43.0 Å². The average molecular weight is 537 g/mol. The zero-order valence-corrected chi connectivity index (χ0v) is 19.7. The lowest BCUT2D eigenvalue weighted by molar-refractivity contribution is 0.0821. The SMILES string of the molecule is CN(C)C(=O)c1nn2c(c1Cl)CN(c1nc(Cl)nc3c(F)c(Br)c(Cl)cc13)CCC2. The van der Waals surface area contributed by atoms with Crippen LogP contribution in [0.2, 0.25) is 15.3 Å². The molecule has 1 amide bonds. The van der Waals surface area contributed by atoms with Gasteiger partial charge in [-0.25, -0.2) is 9.37 Å². The van der Waals surface area contributed by atoms with Crippen molar-refractivity contribution in [3.8, 4) is 0 Å². The van der Waals surface area contributed by atoms with E-state index >= 15 is 0 Å². The number of aryl methyl sites for hydroxylation is 1. The van der Waals surface area contributed by atoms with Crippen molar-refractivity contribution in [3.63, 3.8) is 0 Å². The van der Waals surface area contributed by atoms with E-state index in [9.17, 15) is 9.18 Å². The molecule has 3 aromatic rings. The summed E-state index contributed by atoms with van der Waals surface area (Å²) in [6, 6.07) is 1.60. The first-order chi connectivity index (χ1) is 14.2. The van der Waals surface area contributed by atoms with Crippen LogP contribution in [0.25, 0.3) is 10.9 Å². The van der Waals surface area contributed by atoms with Gasteiger partial charge in [0.25, 0.3) is 5.91 Å². The lowest BCUT2D eigenvalue weighted by atomic mass is 10.2. The standard InChI is InChI=1S/C18H15BrCl3FN6O/c1-27(2)17(30)15-12(21)10-7-28(4-3-5-29(10)26-15)16-8-6-9(20)11(19)13(23)14(8)24-18(22)25-16/h6H,3-5,7H2,1-2H3. The highest BCUT2D eigenvalue weighted by atomic mass is 79.9. The Hall–Kier alpha value is -1.68. The van der Waals surface area contributed by atoms with Crippen molar-refractivity contribution in [2.75, 3.05) is 25.5 Å². The topological polar surface area (TPSA) is 67.2 Å². The maximum absolute atomic E-state index is 14.8. The number of aromatic nitrogens is 4. The highest BCUT2D eigenvalue weighted by Crippen LogP contribution is 2.37. The largest absolute Gasteiger partial charge is 0.350 e. The quantitative estimate of drug-likeness (QED) is 0.348. The van der Waals surface area contributed by atoms with Gasteiger partial charge in [-0.2, -0.15) is 10.1 Å². The van der Waals surface area contributed by atoms with Gasteiger partial charge in [0.05, 0.1) is 26.8 Å². The first-order valence-electron chi connectivity index (χ1n) is 8.91. The van der Waals surface area contributed by atoms with Crippen molar-refractivity contribution in [2.24, 2.45) is 0 Å². The van der Waals surface area contributed by atoms with Crippen LogP contribution in [0.5, 0.6) is 0 Å². The van der Waals surface area contributed by atoms with Crippen LogP contribution >= 0.6 is 50.7 Å². The van der Waals surface area contributed by atoms with Crippen molar-refractivity contribution < 1.29 is 9.18 Å². The predicted octanol–water partition coefficient (Wildman–Crippen LogP) is 4.80. The molecule has 0 N–H and O–H groups in total. The maximum atomic E-state index is 14.8. The van der Waals surface area contributed by atoms with Crippen LogP contribution in [-0.2, 0) is 13.1 Å². The van der Waals surface area contributed by atoms with Crippen LogP contribution in [0.15, 0.2) is 10.5 Å². The summed E-state index contributed by atoms with van der Waals surface area (Å²) in [4.78, 5) is 24.1. The number of rotatable bonds is 2. The second-order valence-corrected chi connectivity index (χ2v) is 8.92. The number of halogens is 5. The van der Waals surface area contributed by atoms with Crippen molar-refractivity contribution in [2.45, 2.75) is 19.5 Å². The summed E-state index contributed by atoms with van der Waals surface area (Å²) in [5.41, 5.74) is 0.932. The van der Waals surface area contributed by atoms with Gasteiger partial charge in [0, 0.05) is 32.6 Å². The molecule has 158 valence electrons. The molecule has 0 radical (unpaired) electrons. The summed E-state index contributed by atoms with van der Waals surface area (Å²) >= 11 is 21.9. The predicted molar refractivity (Wildman–Crippen MR) is 118 cm³/mol. The molecule has 1 aromatic carbocycles. The number of nitrogens with zero attached hydrogens (tertiary/aromatic N) is 6. The van der Waals surface area contributed by atoms with Crippen molar-refractivity contribution in [1.82, 2.24) is 24.6 Å². The van der Waals surface area contributed by atoms with Gasteiger partial charge in [0.1, 0.15) is 11.3 Å². The minimum absolute atomic E-state index is 0.0635. The number of hydrogen-bond donors (Lipinski definition) is 0. The van der Waals surface area contributed by atoms with Gasteiger partial charge in [0.15, 0.2) is 11.5 Å². The minimum atomic E-state index is -0.611. The molecule has 12 heteroatoms. The molecule has 4 rings (SSSR count). The molecular weight excluding hydrogens is 522 g/mol. The van der Waals surface area contributed by atoms with E-state index in [1.54, 1.807) is 24.8 Å². The summed E-state index contributed by atoms with van der Waals surface area (Å²) in [6.07, 6.45) is 0.705. The molecule has 1 aliphatic heterocycles. The lowest BCUT2D eigenvalue weighted by Crippen LogP contribution is -2.25. The Morgan fingerprint density at radius 3 is 2.67 bits per heavy atom. The molecule has 0 atom stereocenters. The van der Waals surface area contributed by atoms with E-state index in [1.807, 2.05) is 4.90 Å². The van der Waals surface area contributed by atoms with Gasteiger partial charge >= 0.3 is 0 Å². The van der Waals surface area contributed by atoms with Crippen LogP contribution in [0, 0.1) is 5.82 Å². The molecule has 0 unspecified atom stereocenters. The van der Waals surface area contributed by atoms with Crippen molar-refractivity contribution in [3.05, 3.63) is 43.1 Å². The number of hydrogen-bond acceptors (Lipinski definition) is 5. The van der Waals surface area contributed by atoms with Crippen molar-refractivity contribution >= 4 is 73.4 Å². The van der Waals surface area contributed by atoms with Gasteiger partial charge in [0.2, 0.25) is 5.28 Å². The Bertz CT molecular complexity index is 1180. The fourth-order valence-corrected chi connectivity index (χ4v) is 4.32. The van der Waals surface area contributed by atoms with Gasteiger partial charge < -0.3 is 9.80 Å². The molecule has 0 aliphatic carbocycles. The van der Waals surface area contributed by atoms with E-state index in [4.69, 9.17) is 34.8 Å². The molecule has 0 fully saturated rings. The normalized spacial score (nSPS) is 14.0. The van der Waals surface area contributed by atoms with E-state index in [1.165, 1.54) is 4.90 Å². The highest BCUT2D eigenvalue weighted by Gasteiger charge is 2.28. The monoisotopic (exact) mass is 534 g/mol. The Balaban J connectivity index is 1.84. The van der Waals surface area contributed by atoms with E-state index in [2.05, 4.69) is 31.0 Å². The van der Waals surface area contributed by atoms with Crippen LogP contribution < -0.4 is 4.90 Å². The molecule has 0 bridgehead atoms. The third-order valence-corrected chi connectivity index (χ3v) is 6.69. The zero-order chi connectivity index (χ0) is 21.7. The Labute approximate surface area is 194 Å². The molecular formula is C18H15BrCl3FN6O. The highest BCUT2D eigenvalue weighted by molar-refractivity contribution is 9.10. The molecule has 0 spiro atoms. The smallest absolute Gasteiger partial charge is 0.275 e. The third kappa shape index (κ3) is 3.62. The number of carbonyl (C=O) groups is 1. The second-order valence-electron chi connectivity index (χ2n) is 7.01. The van der Waals surface area contributed by atoms with Crippen LogP contribution in [0.4, 0.5) is 10.2 Å². The van der Waals surface area contributed by atoms with E-state index in [-0.39, 0.29) is 36.9 Å². The number of amides is 1. The summed E-state index contributed by atoms with van der Waals surface area (Å²) in [5, 5.41) is 5.23. The second kappa shape index (κ2) is 8.11. The zero-order valence-electron chi connectivity index (χ0n) is 15.9. The fourth-order valence-electron chi connectivity index (χ4n) is 3.38. The molecule has 7 nitrogen and oxygen atoms in total. The first kappa shape index (κ1) is 21.5. The van der Waals surface area contributed by atoms with E-state index < -0.39 is 5.82 Å². The summed E-state index contributed by atoms with van der Waals surface area (Å²) in [7, 11) is 3.28. The maximum Gasteiger partial charge on any atom is 0.275 e. The summed E-state index contributed by atoms with van der Waals surface area (Å²) in [5.74, 6) is -0.453. The molecule has 3 heterocycles. The van der Waals surface area contributed by atoms with E-state index in [0.717, 1.165) is 0 Å². The number of fused-ring (bicyclic) bond motifs is 2. The summed E-state index contributed by atoms with van der Waals surface area (Å²) < 4.78 is 16.6. The molecule has 1 aliphatic rings. The number of anilines is 1. The van der Waals surface area contributed by atoms with Gasteiger partial charge in [-0.05, 0) is 40.0 Å². The average Bonchev–Trinajstić information content (AvgIpc) is 2.87. The van der Waals surface area contributed by atoms with Crippen molar-refractivity contribution in [1.29, 1.82) is 0 Å². The lowest BCUT2D eigenvalue weighted by Gasteiger charge is -2.23. The van der Waals surface area contributed by atoms with Crippen LogP contribution in [0.3, 0.4) is 0 Å². The minimum Gasteiger partial charge on any atom is -0.350 e.